The average molecular weight is 450 g/mol. The summed E-state index contributed by atoms with van der Waals surface area (Å²) in [7, 11) is -4.17. The molecule has 0 bridgehead atoms. The van der Waals surface area contributed by atoms with Crippen molar-refractivity contribution in [3.63, 3.8) is 0 Å². The van der Waals surface area contributed by atoms with Gasteiger partial charge in [-0.3, -0.25) is 0 Å². The maximum absolute atomic E-state index is 13.5. The van der Waals surface area contributed by atoms with Gasteiger partial charge in [0.05, 0.1) is 16.1 Å². The smallest absolute Gasteiger partial charge is 0.335 e. The van der Waals surface area contributed by atoms with Crippen molar-refractivity contribution in [3.8, 4) is 0 Å². The molecule has 9 heteroatoms. The number of anilines is 1. The summed E-state index contributed by atoms with van der Waals surface area (Å²) in [6.07, 6.45) is 0. The monoisotopic (exact) mass is 449 g/mol. The third-order valence-corrected chi connectivity index (χ3v) is 7.50. The SMILES string of the molecule is Cc1ccc(S(=O)(=O)N(SCc2cc(F)cc(F)c2)c2ccccc2)cc1C(=O)O. The first-order valence-electron chi connectivity index (χ1n) is 8.70. The predicted molar refractivity (Wildman–Crippen MR) is 112 cm³/mol. The van der Waals surface area contributed by atoms with E-state index in [1.165, 1.54) is 12.1 Å². The molecular formula is C21H17F2NO4S2. The second kappa shape index (κ2) is 8.85. The van der Waals surface area contributed by atoms with E-state index < -0.39 is 27.6 Å². The van der Waals surface area contributed by atoms with E-state index in [4.69, 9.17) is 0 Å². The summed E-state index contributed by atoms with van der Waals surface area (Å²) in [5, 5.41) is 9.33. The van der Waals surface area contributed by atoms with Crippen LogP contribution < -0.4 is 3.71 Å². The molecule has 0 saturated heterocycles. The Labute approximate surface area is 177 Å². The molecule has 30 heavy (non-hydrogen) atoms. The standard InChI is InChI=1S/C21H17F2NO4S2/c1-14-7-8-19(12-20(14)21(25)26)30(27,28)24(18-5-3-2-4-6-18)29-13-15-9-16(22)11-17(23)10-15/h2-12H,13H2,1H3,(H,25,26). The van der Waals surface area contributed by atoms with Gasteiger partial charge in [-0.05, 0) is 66.4 Å². The molecule has 5 nitrogen and oxygen atoms in total. The van der Waals surface area contributed by atoms with Gasteiger partial charge in [-0.25, -0.2) is 25.7 Å². The minimum absolute atomic E-state index is 0.0273. The van der Waals surface area contributed by atoms with Crippen LogP contribution in [0.25, 0.3) is 0 Å². The number of rotatable bonds is 7. The molecule has 1 N–H and O–H groups in total. The Hall–Kier alpha value is -2.91. The minimum Gasteiger partial charge on any atom is -0.478 e. The lowest BCUT2D eigenvalue weighted by Crippen LogP contribution is -2.25. The Morgan fingerprint density at radius 2 is 1.63 bits per heavy atom. The maximum Gasteiger partial charge on any atom is 0.335 e. The number of benzene rings is 3. The summed E-state index contributed by atoms with van der Waals surface area (Å²) in [6, 6.07) is 15.0. The lowest BCUT2D eigenvalue weighted by Gasteiger charge is -2.23. The number of nitrogens with zero attached hydrogens (tertiary/aromatic N) is 1. The lowest BCUT2D eigenvalue weighted by atomic mass is 10.1. The highest BCUT2D eigenvalue weighted by molar-refractivity contribution is 8.14. The summed E-state index contributed by atoms with van der Waals surface area (Å²) >= 11 is 0.830. The van der Waals surface area contributed by atoms with Crippen LogP contribution in [0.4, 0.5) is 14.5 Å². The van der Waals surface area contributed by atoms with Crippen LogP contribution in [0.15, 0.2) is 71.6 Å². The molecule has 0 amide bonds. The van der Waals surface area contributed by atoms with Crippen molar-refractivity contribution in [1.29, 1.82) is 0 Å². The Balaban J connectivity index is 2.01. The van der Waals surface area contributed by atoms with Gasteiger partial charge in [0.2, 0.25) is 0 Å². The first-order valence-corrected chi connectivity index (χ1v) is 11.1. The van der Waals surface area contributed by atoms with Crippen LogP contribution in [0.1, 0.15) is 21.5 Å². The van der Waals surface area contributed by atoms with E-state index in [9.17, 15) is 27.1 Å². The minimum atomic E-state index is -4.17. The summed E-state index contributed by atoms with van der Waals surface area (Å²) in [5.74, 6) is -2.78. The van der Waals surface area contributed by atoms with Gasteiger partial charge in [-0.15, -0.1) is 0 Å². The number of hydrogen-bond acceptors (Lipinski definition) is 4. The number of halogens is 2. The van der Waals surface area contributed by atoms with Crippen LogP contribution in [0.2, 0.25) is 0 Å². The molecule has 0 aliphatic rings. The normalized spacial score (nSPS) is 11.3. The van der Waals surface area contributed by atoms with Gasteiger partial charge < -0.3 is 5.11 Å². The maximum atomic E-state index is 13.5. The Morgan fingerprint density at radius 3 is 2.23 bits per heavy atom. The molecule has 0 spiro atoms. The fourth-order valence-corrected chi connectivity index (χ4v) is 5.52. The molecule has 0 unspecified atom stereocenters. The second-order valence-corrected chi connectivity index (χ2v) is 9.33. The van der Waals surface area contributed by atoms with Gasteiger partial charge >= 0.3 is 5.97 Å². The molecule has 3 aromatic rings. The fraction of sp³-hybridized carbons (Fsp3) is 0.0952. The van der Waals surface area contributed by atoms with Crippen molar-refractivity contribution in [2.45, 2.75) is 17.6 Å². The highest BCUT2D eigenvalue weighted by Crippen LogP contribution is 2.33. The second-order valence-electron chi connectivity index (χ2n) is 6.40. The molecule has 0 heterocycles. The van der Waals surface area contributed by atoms with Crippen molar-refractivity contribution in [3.05, 3.63) is 95.1 Å². The van der Waals surface area contributed by atoms with Crippen LogP contribution in [0.5, 0.6) is 0 Å². The third-order valence-electron chi connectivity index (χ3n) is 4.19. The fourth-order valence-electron chi connectivity index (χ4n) is 2.75. The highest BCUT2D eigenvalue weighted by atomic mass is 32.3. The molecule has 156 valence electrons. The number of aromatic carboxylic acids is 1. The zero-order chi connectivity index (χ0) is 21.9. The van der Waals surface area contributed by atoms with Crippen molar-refractivity contribution in [2.75, 3.05) is 3.71 Å². The van der Waals surface area contributed by atoms with Gasteiger partial charge in [0.15, 0.2) is 0 Å². The highest BCUT2D eigenvalue weighted by Gasteiger charge is 2.27. The number of aryl methyl sites for hydroxylation is 1. The average Bonchev–Trinajstić information content (AvgIpc) is 2.68. The molecular weight excluding hydrogens is 432 g/mol. The Kier molecular flexibility index (Phi) is 6.42. The molecule has 0 atom stereocenters. The van der Waals surface area contributed by atoms with E-state index in [2.05, 4.69) is 0 Å². The van der Waals surface area contributed by atoms with E-state index in [1.807, 2.05) is 0 Å². The van der Waals surface area contributed by atoms with Crippen molar-refractivity contribution in [1.82, 2.24) is 0 Å². The summed E-state index contributed by atoms with van der Waals surface area (Å²) in [6.45, 7) is 1.57. The number of para-hydroxylation sites is 1. The largest absolute Gasteiger partial charge is 0.478 e. The summed E-state index contributed by atoms with van der Waals surface area (Å²) in [5.41, 5.74) is 0.887. The van der Waals surface area contributed by atoms with E-state index >= 15 is 0 Å². The number of carboxylic acid groups (broad SMARTS) is 1. The van der Waals surface area contributed by atoms with Gasteiger partial charge in [0.1, 0.15) is 11.6 Å². The van der Waals surface area contributed by atoms with Gasteiger partial charge in [-0.2, -0.15) is 0 Å². The molecule has 3 aromatic carbocycles. The molecule has 0 saturated carbocycles. The number of sulfonamides is 1. The third kappa shape index (κ3) is 4.80. The topological polar surface area (TPSA) is 74.7 Å². The van der Waals surface area contributed by atoms with Crippen LogP contribution >= 0.6 is 11.9 Å². The van der Waals surface area contributed by atoms with Crippen LogP contribution in [0, 0.1) is 18.6 Å². The van der Waals surface area contributed by atoms with E-state index in [0.717, 1.165) is 39.9 Å². The first-order chi connectivity index (χ1) is 14.2. The van der Waals surface area contributed by atoms with Gasteiger partial charge in [0, 0.05) is 11.8 Å². The summed E-state index contributed by atoms with van der Waals surface area (Å²) < 4.78 is 54.7. The lowest BCUT2D eigenvalue weighted by molar-refractivity contribution is 0.0696. The molecule has 0 aliphatic carbocycles. The van der Waals surface area contributed by atoms with Gasteiger partial charge in [-0.1, -0.05) is 24.3 Å². The van der Waals surface area contributed by atoms with Gasteiger partial charge in [0.25, 0.3) is 10.0 Å². The predicted octanol–water partition coefficient (Wildman–Crippen LogP) is 5.02. The molecule has 3 rings (SSSR count). The van der Waals surface area contributed by atoms with E-state index in [-0.39, 0.29) is 21.8 Å². The van der Waals surface area contributed by atoms with Crippen molar-refractivity contribution >= 4 is 33.6 Å². The Bertz CT molecular complexity index is 1160. The van der Waals surface area contributed by atoms with E-state index in [1.54, 1.807) is 37.3 Å². The number of carbonyl (C=O) groups is 1. The quantitative estimate of drug-likeness (QED) is 0.513. The Morgan fingerprint density at radius 1 is 1.00 bits per heavy atom. The molecule has 0 fully saturated rings. The summed E-state index contributed by atoms with van der Waals surface area (Å²) in [4.78, 5) is 11.2. The van der Waals surface area contributed by atoms with E-state index in [0.29, 0.717) is 11.3 Å². The zero-order valence-corrected chi connectivity index (χ0v) is 17.4. The molecule has 0 aliphatic heterocycles. The zero-order valence-electron chi connectivity index (χ0n) is 15.7. The molecule has 0 aromatic heterocycles. The first kappa shape index (κ1) is 21.8. The van der Waals surface area contributed by atoms with Crippen LogP contribution in [-0.4, -0.2) is 19.5 Å². The van der Waals surface area contributed by atoms with Crippen LogP contribution in [0.3, 0.4) is 0 Å². The van der Waals surface area contributed by atoms with Crippen molar-refractivity contribution < 1.29 is 27.1 Å². The van der Waals surface area contributed by atoms with Crippen LogP contribution in [-0.2, 0) is 15.8 Å². The van der Waals surface area contributed by atoms with Crippen molar-refractivity contribution in [2.24, 2.45) is 0 Å². The number of carboxylic acids is 1. The number of hydrogen-bond donors (Lipinski definition) is 1. The molecule has 0 radical (unpaired) electrons.